The Labute approximate surface area is 177 Å². The number of benzene rings is 1. The molecule has 1 N–H and O–H groups in total. The molecular weight excluding hydrogens is 380 g/mol. The molecule has 1 heterocycles. The van der Waals surface area contributed by atoms with Crippen molar-refractivity contribution in [3.05, 3.63) is 29.8 Å². The molecule has 0 spiro atoms. The highest BCUT2D eigenvalue weighted by atomic mass is 16.5. The Morgan fingerprint density at radius 2 is 1.73 bits per heavy atom. The molecule has 2 amide bonds. The fourth-order valence-electron chi connectivity index (χ4n) is 7.03. The molecule has 4 bridgehead atoms. The van der Waals surface area contributed by atoms with Gasteiger partial charge in [-0.3, -0.25) is 9.59 Å². The zero-order valence-electron chi connectivity index (χ0n) is 17.6. The number of anilines is 1. The lowest BCUT2D eigenvalue weighted by molar-refractivity contribution is -0.160. The van der Waals surface area contributed by atoms with Crippen molar-refractivity contribution in [3.8, 4) is 0 Å². The van der Waals surface area contributed by atoms with Crippen molar-refractivity contribution in [1.82, 2.24) is 4.90 Å². The molecule has 0 radical (unpaired) electrons. The summed E-state index contributed by atoms with van der Waals surface area (Å²) in [6, 6.07) is 6.32. The van der Waals surface area contributed by atoms with Crippen LogP contribution in [-0.2, 0) is 14.3 Å². The van der Waals surface area contributed by atoms with E-state index in [1.807, 2.05) is 4.90 Å². The van der Waals surface area contributed by atoms with Gasteiger partial charge in [0.2, 0.25) is 11.8 Å². The molecule has 4 aliphatic carbocycles. The van der Waals surface area contributed by atoms with E-state index in [1.54, 1.807) is 24.3 Å². The minimum atomic E-state index is -0.439. The highest BCUT2D eigenvalue weighted by molar-refractivity contribution is 5.99. The Kier molecular flexibility index (Phi) is 4.83. The first-order valence-electron chi connectivity index (χ1n) is 11.3. The molecule has 1 aliphatic heterocycles. The van der Waals surface area contributed by atoms with Crippen LogP contribution in [0.5, 0.6) is 0 Å². The van der Waals surface area contributed by atoms with Crippen molar-refractivity contribution < 1.29 is 19.1 Å². The number of methoxy groups -OCH3 is 1. The molecule has 1 aromatic rings. The summed E-state index contributed by atoms with van der Waals surface area (Å²) in [5, 5.41) is 2.92. The number of carbonyl (C=O) groups is 3. The molecule has 30 heavy (non-hydrogen) atoms. The summed E-state index contributed by atoms with van der Waals surface area (Å²) in [4.78, 5) is 40.5. The summed E-state index contributed by atoms with van der Waals surface area (Å²) in [6.45, 7) is 0.668. The van der Waals surface area contributed by atoms with Crippen molar-refractivity contribution >= 4 is 23.5 Å². The van der Waals surface area contributed by atoms with E-state index in [0.29, 0.717) is 42.0 Å². The fourth-order valence-corrected chi connectivity index (χ4v) is 7.03. The standard InChI is InChI=1S/C24H30N2O4/c1-30-22(28)18-4-2-5-19(11-18)25-21(27)20-6-3-7-26(20)23(29)24-12-15-8-16(13-24)10-17(9-15)14-24/h2,4-5,11,15-17,20H,3,6-10,12-14H2,1H3,(H,25,27)/t15?,16?,17?,20-,24?/m1/s1. The molecule has 1 atom stereocenters. The summed E-state index contributed by atoms with van der Waals surface area (Å²) in [7, 11) is 1.33. The summed E-state index contributed by atoms with van der Waals surface area (Å²) >= 11 is 0. The molecule has 160 valence electrons. The maximum absolute atomic E-state index is 13.7. The maximum Gasteiger partial charge on any atom is 0.337 e. The van der Waals surface area contributed by atoms with Crippen LogP contribution in [0, 0.1) is 23.2 Å². The number of ether oxygens (including phenoxy) is 1. The maximum atomic E-state index is 13.7. The van der Waals surface area contributed by atoms with Gasteiger partial charge in [-0.1, -0.05) is 6.07 Å². The van der Waals surface area contributed by atoms with Gasteiger partial charge < -0.3 is 15.0 Å². The average Bonchev–Trinajstić information content (AvgIpc) is 3.21. The number of carbonyl (C=O) groups excluding carboxylic acids is 3. The topological polar surface area (TPSA) is 75.7 Å². The number of hydrogen-bond donors (Lipinski definition) is 1. The number of likely N-dealkylation sites (tertiary alicyclic amines) is 1. The van der Waals surface area contributed by atoms with E-state index in [-0.39, 0.29) is 17.2 Å². The molecule has 0 unspecified atom stereocenters. The van der Waals surface area contributed by atoms with Crippen molar-refractivity contribution in [2.75, 3.05) is 19.0 Å². The second kappa shape index (κ2) is 7.40. The minimum absolute atomic E-state index is 0.160. The predicted molar refractivity (Wildman–Crippen MR) is 112 cm³/mol. The average molecular weight is 411 g/mol. The van der Waals surface area contributed by atoms with E-state index in [9.17, 15) is 14.4 Å². The quantitative estimate of drug-likeness (QED) is 0.770. The summed E-state index contributed by atoms with van der Waals surface area (Å²) in [5.74, 6) is 1.74. The van der Waals surface area contributed by atoms with E-state index in [0.717, 1.165) is 25.7 Å². The molecule has 6 nitrogen and oxygen atoms in total. The van der Waals surface area contributed by atoms with E-state index in [4.69, 9.17) is 4.74 Å². The number of esters is 1. The van der Waals surface area contributed by atoms with E-state index >= 15 is 0 Å². The summed E-state index contributed by atoms with van der Waals surface area (Å²) in [5.41, 5.74) is 0.725. The minimum Gasteiger partial charge on any atom is -0.465 e. The third kappa shape index (κ3) is 3.30. The Hall–Kier alpha value is -2.37. The third-order valence-corrected chi connectivity index (χ3v) is 7.86. The first-order chi connectivity index (χ1) is 14.5. The molecule has 0 aromatic heterocycles. The van der Waals surface area contributed by atoms with Gasteiger partial charge in [0.15, 0.2) is 0 Å². The monoisotopic (exact) mass is 410 g/mol. The third-order valence-electron chi connectivity index (χ3n) is 7.86. The van der Waals surface area contributed by atoms with Crippen LogP contribution < -0.4 is 5.32 Å². The van der Waals surface area contributed by atoms with E-state index in [2.05, 4.69) is 5.32 Å². The van der Waals surface area contributed by atoms with Crippen molar-refractivity contribution in [3.63, 3.8) is 0 Å². The molecule has 5 fully saturated rings. The van der Waals surface area contributed by atoms with Gasteiger partial charge in [-0.15, -0.1) is 0 Å². The van der Waals surface area contributed by atoms with Gasteiger partial charge in [-0.05, 0) is 87.3 Å². The smallest absolute Gasteiger partial charge is 0.337 e. The van der Waals surface area contributed by atoms with Gasteiger partial charge in [0.1, 0.15) is 6.04 Å². The van der Waals surface area contributed by atoms with Crippen LogP contribution in [0.3, 0.4) is 0 Å². The van der Waals surface area contributed by atoms with Gasteiger partial charge in [-0.25, -0.2) is 4.79 Å². The highest BCUT2D eigenvalue weighted by Gasteiger charge is 2.56. The van der Waals surface area contributed by atoms with Gasteiger partial charge in [0.25, 0.3) is 0 Å². The number of nitrogens with one attached hydrogen (secondary N) is 1. The molecule has 4 saturated carbocycles. The molecule has 5 aliphatic rings. The van der Waals surface area contributed by atoms with Gasteiger partial charge in [0, 0.05) is 12.2 Å². The highest BCUT2D eigenvalue weighted by Crippen LogP contribution is 2.60. The molecular formula is C24H30N2O4. The van der Waals surface area contributed by atoms with Crippen molar-refractivity contribution in [2.45, 2.75) is 57.4 Å². The number of amides is 2. The zero-order valence-corrected chi connectivity index (χ0v) is 17.6. The largest absolute Gasteiger partial charge is 0.465 e. The number of nitrogens with zero attached hydrogens (tertiary/aromatic N) is 1. The normalized spacial score (nSPS) is 34.1. The second-order valence-corrected chi connectivity index (χ2v) is 9.92. The van der Waals surface area contributed by atoms with Crippen LogP contribution in [0.15, 0.2) is 24.3 Å². The number of rotatable bonds is 4. The number of hydrogen-bond acceptors (Lipinski definition) is 4. The summed E-state index contributed by atoms with van der Waals surface area (Å²) in [6.07, 6.45) is 8.50. The molecule has 6 heteroatoms. The lowest BCUT2D eigenvalue weighted by Crippen LogP contribution is -2.56. The molecule has 1 aromatic carbocycles. The van der Waals surface area contributed by atoms with Crippen molar-refractivity contribution in [1.29, 1.82) is 0 Å². The SMILES string of the molecule is COC(=O)c1cccc(NC(=O)[C@H]2CCCN2C(=O)C23CC4CC(CC(C4)C2)C3)c1. The van der Waals surface area contributed by atoms with Gasteiger partial charge >= 0.3 is 5.97 Å². The lowest BCUT2D eigenvalue weighted by atomic mass is 9.49. The summed E-state index contributed by atoms with van der Waals surface area (Å²) < 4.78 is 4.76. The van der Waals surface area contributed by atoms with Gasteiger partial charge in [-0.2, -0.15) is 0 Å². The van der Waals surface area contributed by atoms with Crippen LogP contribution >= 0.6 is 0 Å². The first kappa shape index (κ1) is 19.6. The molecule has 1 saturated heterocycles. The van der Waals surface area contributed by atoms with Crippen LogP contribution in [0.2, 0.25) is 0 Å². The predicted octanol–water partition coefficient (Wildman–Crippen LogP) is 3.62. The zero-order chi connectivity index (χ0) is 20.9. The Bertz CT molecular complexity index is 844. The second-order valence-electron chi connectivity index (χ2n) is 9.92. The van der Waals surface area contributed by atoms with Crippen LogP contribution in [-0.4, -0.2) is 42.4 Å². The van der Waals surface area contributed by atoms with E-state index < -0.39 is 12.0 Å². The first-order valence-corrected chi connectivity index (χ1v) is 11.3. The lowest BCUT2D eigenvalue weighted by Gasteiger charge is -2.56. The van der Waals surface area contributed by atoms with Crippen molar-refractivity contribution in [2.24, 2.45) is 23.2 Å². The fraction of sp³-hybridized carbons (Fsp3) is 0.625. The van der Waals surface area contributed by atoms with Crippen LogP contribution in [0.1, 0.15) is 61.7 Å². The van der Waals surface area contributed by atoms with E-state index in [1.165, 1.54) is 26.4 Å². The van der Waals surface area contributed by atoms with Gasteiger partial charge in [0.05, 0.1) is 18.1 Å². The van der Waals surface area contributed by atoms with Crippen LogP contribution in [0.4, 0.5) is 5.69 Å². The Balaban J connectivity index is 1.31. The Morgan fingerprint density at radius 3 is 2.37 bits per heavy atom. The Morgan fingerprint density at radius 1 is 1.07 bits per heavy atom. The molecule has 6 rings (SSSR count). The van der Waals surface area contributed by atoms with Crippen LogP contribution in [0.25, 0.3) is 0 Å².